The lowest BCUT2D eigenvalue weighted by molar-refractivity contribution is -0.119. The number of hydrogen-bond acceptors (Lipinski definition) is 4. The number of aliphatic hydroxyl groups is 1. The molecule has 1 rings (SSSR count). The van der Waals surface area contributed by atoms with Crippen molar-refractivity contribution >= 4 is 16.5 Å². The van der Waals surface area contributed by atoms with Gasteiger partial charge in [-0.25, -0.2) is 4.98 Å². The fourth-order valence-electron chi connectivity index (χ4n) is 1.70. The average molecular weight is 296 g/mol. The molecule has 110 valence electrons. The number of anilines is 1. The van der Waals surface area contributed by atoms with Gasteiger partial charge in [0.2, 0.25) is 0 Å². The molecule has 3 nitrogen and oxygen atoms in total. The maximum atomic E-state index is 12.5. The van der Waals surface area contributed by atoms with E-state index in [1.807, 2.05) is 20.8 Å². The SMILES string of the molecule is CCN(CC(F)(F)F)c1nc(C(C)(C)C)c(CO)s1. The largest absolute Gasteiger partial charge is 0.406 e. The number of aromatic nitrogens is 1. The fourth-order valence-corrected chi connectivity index (χ4v) is 2.89. The Bertz CT molecular complexity index is 424. The van der Waals surface area contributed by atoms with E-state index < -0.39 is 12.7 Å². The normalized spacial score (nSPS) is 12.8. The Balaban J connectivity index is 3.10. The van der Waals surface area contributed by atoms with Crippen molar-refractivity contribution in [2.45, 2.75) is 45.9 Å². The molecule has 0 fully saturated rings. The number of rotatable bonds is 4. The molecule has 0 aliphatic heterocycles. The molecule has 19 heavy (non-hydrogen) atoms. The van der Waals surface area contributed by atoms with Crippen LogP contribution >= 0.6 is 11.3 Å². The Morgan fingerprint density at radius 2 is 1.84 bits per heavy atom. The van der Waals surface area contributed by atoms with Gasteiger partial charge in [0.25, 0.3) is 0 Å². The Morgan fingerprint density at radius 1 is 1.26 bits per heavy atom. The molecule has 0 saturated carbocycles. The van der Waals surface area contributed by atoms with Gasteiger partial charge in [0.05, 0.1) is 17.2 Å². The molecule has 0 aliphatic rings. The van der Waals surface area contributed by atoms with E-state index in [1.54, 1.807) is 6.92 Å². The summed E-state index contributed by atoms with van der Waals surface area (Å²) in [6.45, 7) is 6.42. The van der Waals surface area contributed by atoms with Crippen LogP contribution < -0.4 is 4.90 Å². The third kappa shape index (κ3) is 4.35. The summed E-state index contributed by atoms with van der Waals surface area (Å²) in [6, 6.07) is 0. The quantitative estimate of drug-likeness (QED) is 0.926. The topological polar surface area (TPSA) is 36.4 Å². The van der Waals surface area contributed by atoms with Crippen molar-refractivity contribution in [1.29, 1.82) is 0 Å². The molecule has 0 saturated heterocycles. The summed E-state index contributed by atoms with van der Waals surface area (Å²) in [7, 11) is 0. The molecule has 0 aromatic carbocycles. The second-order valence-electron chi connectivity index (χ2n) is 5.31. The van der Waals surface area contributed by atoms with E-state index in [1.165, 1.54) is 4.90 Å². The van der Waals surface area contributed by atoms with Crippen molar-refractivity contribution in [2.75, 3.05) is 18.0 Å². The van der Waals surface area contributed by atoms with Gasteiger partial charge in [-0.2, -0.15) is 13.2 Å². The minimum atomic E-state index is -4.26. The van der Waals surface area contributed by atoms with E-state index in [0.717, 1.165) is 11.3 Å². The fraction of sp³-hybridized carbons (Fsp3) is 0.750. The van der Waals surface area contributed by atoms with E-state index in [0.29, 0.717) is 15.7 Å². The molecule has 1 aromatic rings. The van der Waals surface area contributed by atoms with Crippen LogP contribution in [0.2, 0.25) is 0 Å². The van der Waals surface area contributed by atoms with Crippen LogP contribution in [0.5, 0.6) is 0 Å². The maximum absolute atomic E-state index is 12.5. The summed E-state index contributed by atoms with van der Waals surface area (Å²) in [4.78, 5) is 6.10. The Hall–Kier alpha value is -0.820. The number of aliphatic hydroxyl groups excluding tert-OH is 1. The third-order valence-electron chi connectivity index (χ3n) is 2.56. The van der Waals surface area contributed by atoms with Gasteiger partial charge in [-0.3, -0.25) is 0 Å². The molecule has 0 radical (unpaired) electrons. The van der Waals surface area contributed by atoms with Gasteiger partial charge in [-0.05, 0) is 6.92 Å². The molecule has 0 atom stereocenters. The minimum absolute atomic E-state index is 0.201. The van der Waals surface area contributed by atoms with Crippen LogP contribution in [0.15, 0.2) is 0 Å². The zero-order valence-electron chi connectivity index (χ0n) is 11.5. The van der Waals surface area contributed by atoms with E-state index in [2.05, 4.69) is 4.98 Å². The van der Waals surface area contributed by atoms with Gasteiger partial charge in [0.15, 0.2) is 5.13 Å². The van der Waals surface area contributed by atoms with Crippen LogP contribution in [-0.2, 0) is 12.0 Å². The molecule has 0 spiro atoms. The summed E-state index contributed by atoms with van der Waals surface area (Å²) in [5, 5.41) is 9.63. The predicted molar refractivity (Wildman–Crippen MR) is 70.7 cm³/mol. The van der Waals surface area contributed by atoms with Crippen LogP contribution in [0, 0.1) is 0 Å². The first-order valence-corrected chi connectivity index (χ1v) is 6.83. The Morgan fingerprint density at radius 3 is 2.16 bits per heavy atom. The smallest absolute Gasteiger partial charge is 0.391 e. The van der Waals surface area contributed by atoms with Gasteiger partial charge in [-0.1, -0.05) is 32.1 Å². The second kappa shape index (κ2) is 5.66. The molecular weight excluding hydrogens is 277 g/mol. The van der Waals surface area contributed by atoms with Crippen LogP contribution in [0.3, 0.4) is 0 Å². The maximum Gasteiger partial charge on any atom is 0.406 e. The zero-order chi connectivity index (χ0) is 14.8. The summed E-state index contributed by atoms with van der Waals surface area (Å²) >= 11 is 1.12. The molecule has 7 heteroatoms. The first-order chi connectivity index (χ1) is 8.58. The van der Waals surface area contributed by atoms with Crippen LogP contribution in [-0.4, -0.2) is 29.4 Å². The summed E-state index contributed by atoms with van der Waals surface area (Å²) in [6.07, 6.45) is -4.26. The number of alkyl halides is 3. The van der Waals surface area contributed by atoms with Gasteiger partial charge in [0, 0.05) is 12.0 Å². The third-order valence-corrected chi connectivity index (χ3v) is 3.66. The van der Waals surface area contributed by atoms with Crippen molar-refractivity contribution < 1.29 is 18.3 Å². The molecule has 0 aliphatic carbocycles. The monoisotopic (exact) mass is 296 g/mol. The highest BCUT2D eigenvalue weighted by Crippen LogP contribution is 2.34. The lowest BCUT2D eigenvalue weighted by atomic mass is 9.91. The summed E-state index contributed by atoms with van der Waals surface area (Å²) in [5.74, 6) is 0. The number of hydrogen-bond donors (Lipinski definition) is 1. The van der Waals surface area contributed by atoms with Crippen molar-refractivity contribution in [3.63, 3.8) is 0 Å². The van der Waals surface area contributed by atoms with E-state index in [-0.39, 0.29) is 18.6 Å². The van der Waals surface area contributed by atoms with Crippen molar-refractivity contribution in [3.05, 3.63) is 10.6 Å². The second-order valence-corrected chi connectivity index (χ2v) is 6.37. The Labute approximate surface area is 115 Å². The number of nitrogens with zero attached hydrogens (tertiary/aromatic N) is 2. The molecule has 0 amide bonds. The first kappa shape index (κ1) is 16.2. The highest BCUT2D eigenvalue weighted by atomic mass is 32.1. The first-order valence-electron chi connectivity index (χ1n) is 6.01. The van der Waals surface area contributed by atoms with Crippen molar-refractivity contribution in [2.24, 2.45) is 0 Å². The standard InChI is InChI=1S/C12H19F3N2OS/c1-5-17(7-12(13,14)15)10-16-9(11(2,3)4)8(6-18)19-10/h18H,5-7H2,1-4H3. The lowest BCUT2D eigenvalue weighted by Crippen LogP contribution is -2.34. The van der Waals surface area contributed by atoms with E-state index >= 15 is 0 Å². The molecule has 0 bridgehead atoms. The summed E-state index contributed by atoms with van der Waals surface area (Å²) in [5.41, 5.74) is 0.361. The zero-order valence-corrected chi connectivity index (χ0v) is 12.3. The predicted octanol–water partition coefficient (Wildman–Crippen LogP) is 3.32. The molecule has 0 unspecified atom stereocenters. The van der Waals surface area contributed by atoms with Crippen LogP contribution in [0.25, 0.3) is 0 Å². The van der Waals surface area contributed by atoms with Gasteiger partial charge in [0.1, 0.15) is 6.54 Å². The van der Waals surface area contributed by atoms with Crippen molar-refractivity contribution in [1.82, 2.24) is 4.98 Å². The highest BCUT2D eigenvalue weighted by Gasteiger charge is 2.32. The van der Waals surface area contributed by atoms with Gasteiger partial charge < -0.3 is 10.0 Å². The van der Waals surface area contributed by atoms with Gasteiger partial charge >= 0.3 is 6.18 Å². The highest BCUT2D eigenvalue weighted by molar-refractivity contribution is 7.15. The van der Waals surface area contributed by atoms with Gasteiger partial charge in [-0.15, -0.1) is 0 Å². The minimum Gasteiger partial charge on any atom is -0.391 e. The summed E-state index contributed by atoms with van der Waals surface area (Å²) < 4.78 is 37.5. The van der Waals surface area contributed by atoms with Crippen LogP contribution in [0.1, 0.15) is 38.3 Å². The molecule has 1 heterocycles. The number of halogens is 3. The molecule has 1 N–H and O–H groups in total. The number of thiazole rings is 1. The lowest BCUT2D eigenvalue weighted by Gasteiger charge is -2.21. The Kier molecular flexibility index (Phi) is 4.84. The van der Waals surface area contributed by atoms with E-state index in [9.17, 15) is 18.3 Å². The van der Waals surface area contributed by atoms with Crippen molar-refractivity contribution in [3.8, 4) is 0 Å². The van der Waals surface area contributed by atoms with E-state index in [4.69, 9.17) is 0 Å². The molecule has 1 aromatic heterocycles. The molecular formula is C12H19F3N2OS. The van der Waals surface area contributed by atoms with Crippen LogP contribution in [0.4, 0.5) is 18.3 Å². The average Bonchev–Trinajstić information content (AvgIpc) is 2.68.